The number of nitrogens with one attached hydrogen (secondary N) is 1. The van der Waals surface area contributed by atoms with Crippen LogP contribution in [-0.4, -0.2) is 27.6 Å². The van der Waals surface area contributed by atoms with E-state index in [1.54, 1.807) is 19.2 Å². The molecule has 0 fully saturated rings. The van der Waals surface area contributed by atoms with Gasteiger partial charge in [0.15, 0.2) is 5.82 Å². The average molecular weight is 271 g/mol. The fourth-order valence-electron chi connectivity index (χ4n) is 1.65. The van der Waals surface area contributed by atoms with Crippen LogP contribution in [0.1, 0.15) is 18.2 Å². The smallest absolute Gasteiger partial charge is 0.192 e. The zero-order valence-corrected chi connectivity index (χ0v) is 11.2. The van der Waals surface area contributed by atoms with Crippen LogP contribution in [-0.2, 0) is 6.42 Å². The molecule has 0 aliphatic carbocycles. The molecule has 0 aliphatic heterocycles. The number of hydrogen-bond donors (Lipinski definition) is 3. The number of aromatic nitrogens is 2. The Morgan fingerprint density at radius 2 is 2.10 bits per heavy atom. The zero-order valence-electron chi connectivity index (χ0n) is 11.2. The van der Waals surface area contributed by atoms with E-state index in [4.69, 9.17) is 5.73 Å². The maximum absolute atomic E-state index is 9.29. The number of anilines is 2. The monoisotopic (exact) mass is 271 g/mol. The number of hydrogen-bond acceptors (Lipinski definition) is 6. The van der Waals surface area contributed by atoms with Crippen molar-refractivity contribution in [2.75, 3.05) is 11.2 Å². The molecule has 6 heteroatoms. The highest BCUT2D eigenvalue weighted by molar-refractivity contribution is 5.80. The molecule has 4 N–H and O–H groups in total. The Bertz CT molecular complexity index is 583. The number of nitrogen functional groups attached to an aromatic ring is 1. The second-order valence-electron chi connectivity index (χ2n) is 4.47. The molecule has 0 saturated carbocycles. The molecular weight excluding hydrogens is 254 g/mol. The summed E-state index contributed by atoms with van der Waals surface area (Å²) in [4.78, 5) is 0. The van der Waals surface area contributed by atoms with Crippen molar-refractivity contribution in [2.45, 2.75) is 19.4 Å². The van der Waals surface area contributed by atoms with Crippen LogP contribution in [0, 0.1) is 0 Å². The number of aliphatic hydroxyl groups excluding tert-OH is 1. The predicted octanol–water partition coefficient (Wildman–Crippen LogP) is 1.43. The summed E-state index contributed by atoms with van der Waals surface area (Å²) in [5.41, 5.74) is 10.7. The highest BCUT2D eigenvalue weighted by atomic mass is 16.3. The number of hydrazone groups is 1. The molecule has 1 atom stereocenters. The number of rotatable bonds is 5. The minimum absolute atomic E-state index is 0.395. The molecule has 0 saturated heterocycles. The SMILES string of the molecule is CC(O)Cc1cc(N)c(NN=Cc2ccccc2)nn1. The summed E-state index contributed by atoms with van der Waals surface area (Å²) in [7, 11) is 0. The molecule has 0 spiro atoms. The first-order chi connectivity index (χ1) is 9.65. The third-order valence-corrected chi connectivity index (χ3v) is 2.56. The van der Waals surface area contributed by atoms with E-state index in [0.717, 1.165) is 5.56 Å². The normalized spacial score (nSPS) is 12.5. The number of benzene rings is 1. The Balaban J connectivity index is 2.01. The van der Waals surface area contributed by atoms with Gasteiger partial charge in [0.2, 0.25) is 0 Å². The van der Waals surface area contributed by atoms with Gasteiger partial charge < -0.3 is 10.8 Å². The number of aliphatic hydroxyl groups is 1. The summed E-state index contributed by atoms with van der Waals surface area (Å²) in [6.45, 7) is 1.69. The highest BCUT2D eigenvalue weighted by Crippen LogP contribution is 2.15. The second kappa shape index (κ2) is 6.63. The van der Waals surface area contributed by atoms with Gasteiger partial charge in [0.05, 0.1) is 23.7 Å². The van der Waals surface area contributed by atoms with Crippen molar-refractivity contribution in [1.29, 1.82) is 0 Å². The van der Waals surface area contributed by atoms with Crippen LogP contribution in [0.25, 0.3) is 0 Å². The van der Waals surface area contributed by atoms with Crippen LogP contribution in [0.3, 0.4) is 0 Å². The van der Waals surface area contributed by atoms with E-state index in [1.807, 2.05) is 30.3 Å². The van der Waals surface area contributed by atoms with Gasteiger partial charge in [-0.2, -0.15) is 10.2 Å². The largest absolute Gasteiger partial charge is 0.396 e. The van der Waals surface area contributed by atoms with Gasteiger partial charge in [0.25, 0.3) is 0 Å². The van der Waals surface area contributed by atoms with Gasteiger partial charge in [-0.1, -0.05) is 30.3 Å². The zero-order chi connectivity index (χ0) is 14.4. The summed E-state index contributed by atoms with van der Waals surface area (Å²) in [6, 6.07) is 11.4. The standard InChI is InChI=1S/C14H17N5O/c1-10(20)7-12-8-13(15)14(19-17-12)18-16-9-11-5-3-2-4-6-11/h2-6,8-10,20H,7H2,1H3,(H2,15,17)(H,18,19). The predicted molar refractivity (Wildman–Crippen MR) is 79.5 cm³/mol. The maximum Gasteiger partial charge on any atom is 0.192 e. The quantitative estimate of drug-likeness (QED) is 0.564. The van der Waals surface area contributed by atoms with Gasteiger partial charge >= 0.3 is 0 Å². The van der Waals surface area contributed by atoms with Crippen molar-refractivity contribution >= 4 is 17.7 Å². The van der Waals surface area contributed by atoms with Gasteiger partial charge in [0, 0.05) is 6.42 Å². The first-order valence-corrected chi connectivity index (χ1v) is 6.29. The fourth-order valence-corrected chi connectivity index (χ4v) is 1.65. The third kappa shape index (κ3) is 4.03. The molecular formula is C14H17N5O. The first kappa shape index (κ1) is 14.0. The molecule has 1 unspecified atom stereocenters. The molecule has 0 radical (unpaired) electrons. The van der Waals surface area contributed by atoms with E-state index in [0.29, 0.717) is 23.6 Å². The molecule has 0 bridgehead atoms. The lowest BCUT2D eigenvalue weighted by atomic mass is 10.2. The van der Waals surface area contributed by atoms with Gasteiger partial charge in [-0.05, 0) is 18.6 Å². The highest BCUT2D eigenvalue weighted by Gasteiger charge is 2.05. The van der Waals surface area contributed by atoms with Crippen LogP contribution in [0.2, 0.25) is 0 Å². The lowest BCUT2D eigenvalue weighted by Gasteiger charge is -2.06. The number of nitrogens with two attached hydrogens (primary N) is 1. The van der Waals surface area contributed by atoms with E-state index in [2.05, 4.69) is 20.7 Å². The molecule has 2 rings (SSSR count). The molecule has 104 valence electrons. The van der Waals surface area contributed by atoms with Crippen LogP contribution in [0.4, 0.5) is 11.5 Å². The molecule has 20 heavy (non-hydrogen) atoms. The van der Waals surface area contributed by atoms with Crippen molar-refractivity contribution in [1.82, 2.24) is 10.2 Å². The maximum atomic E-state index is 9.29. The summed E-state index contributed by atoms with van der Waals surface area (Å²) in [5.74, 6) is 0.395. The van der Waals surface area contributed by atoms with E-state index < -0.39 is 6.10 Å². The molecule has 2 aromatic rings. The van der Waals surface area contributed by atoms with Gasteiger partial charge in [-0.3, -0.25) is 5.43 Å². The Kier molecular flexibility index (Phi) is 4.62. The van der Waals surface area contributed by atoms with Crippen LogP contribution < -0.4 is 11.2 Å². The van der Waals surface area contributed by atoms with Gasteiger partial charge in [-0.15, -0.1) is 5.10 Å². The van der Waals surface area contributed by atoms with Gasteiger partial charge in [-0.25, -0.2) is 0 Å². The van der Waals surface area contributed by atoms with Crippen LogP contribution >= 0.6 is 0 Å². The molecule has 1 heterocycles. The summed E-state index contributed by atoms with van der Waals surface area (Å²) < 4.78 is 0. The van der Waals surface area contributed by atoms with Crippen molar-refractivity contribution < 1.29 is 5.11 Å². The third-order valence-electron chi connectivity index (χ3n) is 2.56. The Morgan fingerprint density at radius 1 is 1.35 bits per heavy atom. The molecule has 0 aliphatic rings. The van der Waals surface area contributed by atoms with Crippen molar-refractivity contribution in [2.24, 2.45) is 5.10 Å². The summed E-state index contributed by atoms with van der Waals surface area (Å²) in [5, 5.41) is 21.3. The van der Waals surface area contributed by atoms with Gasteiger partial charge in [0.1, 0.15) is 0 Å². The molecule has 1 aromatic carbocycles. The van der Waals surface area contributed by atoms with E-state index in [1.165, 1.54) is 0 Å². The molecule has 0 amide bonds. The van der Waals surface area contributed by atoms with Crippen molar-refractivity contribution in [3.05, 3.63) is 47.7 Å². The Morgan fingerprint density at radius 3 is 2.75 bits per heavy atom. The minimum atomic E-state index is -0.474. The van der Waals surface area contributed by atoms with Crippen LogP contribution in [0.5, 0.6) is 0 Å². The van der Waals surface area contributed by atoms with E-state index >= 15 is 0 Å². The molecule has 6 nitrogen and oxygen atoms in total. The lowest BCUT2D eigenvalue weighted by molar-refractivity contribution is 0.194. The summed E-state index contributed by atoms with van der Waals surface area (Å²) in [6.07, 6.45) is 1.62. The fraction of sp³-hybridized carbons (Fsp3) is 0.214. The lowest BCUT2D eigenvalue weighted by Crippen LogP contribution is -2.09. The van der Waals surface area contributed by atoms with E-state index in [-0.39, 0.29) is 0 Å². The Labute approximate surface area is 117 Å². The molecule has 1 aromatic heterocycles. The van der Waals surface area contributed by atoms with Crippen LogP contribution in [0.15, 0.2) is 41.5 Å². The average Bonchev–Trinajstić information content (AvgIpc) is 2.42. The minimum Gasteiger partial charge on any atom is -0.396 e. The number of nitrogens with zero attached hydrogens (tertiary/aromatic N) is 3. The second-order valence-corrected chi connectivity index (χ2v) is 4.47. The summed E-state index contributed by atoms with van der Waals surface area (Å²) >= 11 is 0. The van der Waals surface area contributed by atoms with Crippen molar-refractivity contribution in [3.8, 4) is 0 Å². The van der Waals surface area contributed by atoms with Crippen molar-refractivity contribution in [3.63, 3.8) is 0 Å². The topological polar surface area (TPSA) is 96.4 Å². The van der Waals surface area contributed by atoms with E-state index in [9.17, 15) is 5.11 Å². The Hall–Kier alpha value is -2.47. The first-order valence-electron chi connectivity index (χ1n) is 6.29.